The third-order valence-electron chi connectivity index (χ3n) is 6.66. The molecule has 0 saturated carbocycles. The number of likely N-dealkylation sites (N-methyl/N-ethyl adjacent to an activating group) is 2. The molecule has 3 aromatic heterocycles. The largest absolute Gasteiger partial charge is 0.479 e. The summed E-state index contributed by atoms with van der Waals surface area (Å²) in [6.45, 7) is 12.4. The van der Waals surface area contributed by atoms with Crippen LogP contribution in [0.25, 0.3) is 0 Å². The number of amides is 1. The van der Waals surface area contributed by atoms with Gasteiger partial charge in [-0.15, -0.1) is 0 Å². The number of anilines is 6. The second-order valence-electron chi connectivity index (χ2n) is 10.6. The van der Waals surface area contributed by atoms with Crippen molar-refractivity contribution in [1.29, 1.82) is 0 Å². The van der Waals surface area contributed by atoms with Crippen molar-refractivity contribution < 1.29 is 9.53 Å². The van der Waals surface area contributed by atoms with Gasteiger partial charge < -0.3 is 30.1 Å². The Balaban J connectivity index is 1.68. The van der Waals surface area contributed by atoms with Crippen LogP contribution in [0.15, 0.2) is 49.2 Å². The molecule has 0 bridgehead atoms. The van der Waals surface area contributed by atoms with Crippen LogP contribution in [0.2, 0.25) is 0 Å². The number of hydrogen-bond donors (Lipinski definition) is 2. The van der Waals surface area contributed by atoms with Crippen molar-refractivity contribution in [2.45, 2.75) is 26.2 Å². The molecule has 0 atom stereocenters. The first-order valence-electron chi connectivity index (χ1n) is 12.9. The molecular formula is C29H38N8O2. The summed E-state index contributed by atoms with van der Waals surface area (Å²) in [5.41, 5.74) is 5.23. The van der Waals surface area contributed by atoms with Gasteiger partial charge in [-0.05, 0) is 51.4 Å². The number of nitrogens with one attached hydrogen (secondary N) is 2. The lowest BCUT2D eigenvalue weighted by atomic mass is 9.91. The van der Waals surface area contributed by atoms with Crippen LogP contribution in [0.5, 0.6) is 5.88 Å². The number of ether oxygens (including phenoxy) is 1. The van der Waals surface area contributed by atoms with Gasteiger partial charge in [0.25, 0.3) is 0 Å². The molecule has 10 heteroatoms. The summed E-state index contributed by atoms with van der Waals surface area (Å²) in [6.07, 6.45) is 3.01. The van der Waals surface area contributed by atoms with Gasteiger partial charge in [0.15, 0.2) is 5.82 Å². The van der Waals surface area contributed by atoms with Crippen LogP contribution in [0.3, 0.4) is 0 Å². The van der Waals surface area contributed by atoms with E-state index in [1.807, 2.05) is 57.2 Å². The molecule has 0 aliphatic carbocycles. The Hall–Kier alpha value is -4.18. The Labute approximate surface area is 230 Å². The Morgan fingerprint density at radius 3 is 2.62 bits per heavy atom. The third kappa shape index (κ3) is 6.12. The summed E-state index contributed by atoms with van der Waals surface area (Å²) in [4.78, 5) is 32.7. The van der Waals surface area contributed by atoms with E-state index in [-0.39, 0.29) is 11.3 Å². The zero-order chi connectivity index (χ0) is 28.3. The van der Waals surface area contributed by atoms with Gasteiger partial charge in [0.1, 0.15) is 11.5 Å². The number of nitrogens with zero attached hydrogens (tertiary/aromatic N) is 6. The topological polar surface area (TPSA) is 98.8 Å². The van der Waals surface area contributed by atoms with Gasteiger partial charge >= 0.3 is 0 Å². The van der Waals surface area contributed by atoms with E-state index in [1.54, 1.807) is 13.3 Å². The smallest absolute Gasteiger partial charge is 0.247 e. The highest BCUT2D eigenvalue weighted by molar-refractivity contribution is 6.01. The third-order valence-corrected chi connectivity index (χ3v) is 6.66. The molecular weight excluding hydrogens is 492 g/mol. The number of aryl methyl sites for hydroxylation is 1. The molecule has 4 rings (SSSR count). The minimum absolute atomic E-state index is 0.0853. The maximum atomic E-state index is 12.3. The highest BCUT2D eigenvalue weighted by Gasteiger charge is 2.37. The SMILES string of the molecule is C=CC(=O)Nc1cc(Nc2cc(N3CC(C)(C)c4nc(C)ccc43)ccn2)c(OC)nc1N(C)CCN(C)C. The Kier molecular flexibility index (Phi) is 8.06. The highest BCUT2D eigenvalue weighted by Crippen LogP contribution is 2.43. The van der Waals surface area contributed by atoms with Crippen molar-refractivity contribution >= 4 is 40.3 Å². The number of methoxy groups -OCH3 is 1. The molecule has 0 unspecified atom stereocenters. The minimum Gasteiger partial charge on any atom is -0.479 e. The average Bonchev–Trinajstić information content (AvgIpc) is 3.17. The number of rotatable bonds is 10. The van der Waals surface area contributed by atoms with Gasteiger partial charge in [0.2, 0.25) is 11.8 Å². The zero-order valence-corrected chi connectivity index (χ0v) is 23.9. The quantitative estimate of drug-likeness (QED) is 0.368. The molecule has 1 aliphatic rings. The van der Waals surface area contributed by atoms with Gasteiger partial charge in [0, 0.05) is 55.7 Å². The van der Waals surface area contributed by atoms with Gasteiger partial charge in [0.05, 0.1) is 24.2 Å². The minimum atomic E-state index is -0.325. The van der Waals surface area contributed by atoms with E-state index < -0.39 is 0 Å². The number of aromatic nitrogens is 3. The van der Waals surface area contributed by atoms with Crippen LogP contribution in [-0.2, 0) is 10.2 Å². The lowest BCUT2D eigenvalue weighted by Gasteiger charge is -2.25. The van der Waals surface area contributed by atoms with Crippen LogP contribution in [0.4, 0.5) is 34.4 Å². The lowest BCUT2D eigenvalue weighted by molar-refractivity contribution is -0.111. The van der Waals surface area contributed by atoms with Crippen molar-refractivity contribution in [2.24, 2.45) is 0 Å². The van der Waals surface area contributed by atoms with E-state index in [2.05, 4.69) is 51.9 Å². The lowest BCUT2D eigenvalue weighted by Crippen LogP contribution is -2.30. The van der Waals surface area contributed by atoms with Crippen LogP contribution in [-0.4, -0.2) is 73.6 Å². The zero-order valence-electron chi connectivity index (χ0n) is 23.9. The number of hydrogen-bond acceptors (Lipinski definition) is 9. The first-order valence-corrected chi connectivity index (χ1v) is 12.9. The highest BCUT2D eigenvalue weighted by atomic mass is 16.5. The second kappa shape index (κ2) is 11.3. The molecule has 0 fully saturated rings. The van der Waals surface area contributed by atoms with Crippen molar-refractivity contribution in [3.8, 4) is 5.88 Å². The number of carbonyl (C=O) groups is 1. The van der Waals surface area contributed by atoms with Crippen LogP contribution < -0.4 is 25.2 Å². The molecule has 0 aromatic carbocycles. The molecule has 0 spiro atoms. The molecule has 10 nitrogen and oxygen atoms in total. The standard InChI is InChI=1S/C29H38N8O2/c1-9-25(38)33-21-17-22(28(39-8)34-27(21)36(7)15-14-35(5)6)32-24-16-20(12-13-30-24)37-18-29(3,4)26-23(37)11-10-19(2)31-26/h9-13,16-17H,1,14-15,18H2,2-8H3,(H,30,32)(H,33,38). The maximum absolute atomic E-state index is 12.3. The molecule has 206 valence electrons. The summed E-state index contributed by atoms with van der Waals surface area (Å²) in [5, 5.41) is 6.23. The predicted octanol–water partition coefficient (Wildman–Crippen LogP) is 4.48. The summed E-state index contributed by atoms with van der Waals surface area (Å²) in [6, 6.07) is 9.96. The van der Waals surface area contributed by atoms with Crippen molar-refractivity contribution in [2.75, 3.05) is 68.3 Å². The van der Waals surface area contributed by atoms with Crippen LogP contribution >= 0.6 is 0 Å². The molecule has 0 radical (unpaired) electrons. The van der Waals surface area contributed by atoms with E-state index in [4.69, 9.17) is 14.7 Å². The molecule has 1 aliphatic heterocycles. The van der Waals surface area contributed by atoms with E-state index in [1.165, 1.54) is 6.08 Å². The molecule has 1 amide bonds. The van der Waals surface area contributed by atoms with E-state index in [0.29, 0.717) is 35.4 Å². The summed E-state index contributed by atoms with van der Waals surface area (Å²) in [5.74, 6) is 1.27. The normalized spacial score (nSPS) is 13.7. The van der Waals surface area contributed by atoms with Gasteiger partial charge in [-0.3, -0.25) is 9.78 Å². The van der Waals surface area contributed by atoms with Gasteiger partial charge in [-0.2, -0.15) is 4.98 Å². The molecule has 2 N–H and O–H groups in total. The second-order valence-corrected chi connectivity index (χ2v) is 10.6. The monoisotopic (exact) mass is 530 g/mol. The predicted molar refractivity (Wildman–Crippen MR) is 158 cm³/mol. The number of pyridine rings is 3. The first kappa shape index (κ1) is 27.8. The fourth-order valence-corrected chi connectivity index (χ4v) is 4.60. The van der Waals surface area contributed by atoms with Crippen molar-refractivity contribution in [1.82, 2.24) is 19.9 Å². The number of carbonyl (C=O) groups excluding carboxylic acids is 1. The molecule has 0 saturated heterocycles. The molecule has 39 heavy (non-hydrogen) atoms. The van der Waals surface area contributed by atoms with Crippen molar-refractivity contribution in [3.63, 3.8) is 0 Å². The van der Waals surface area contributed by atoms with E-state index in [0.717, 1.165) is 35.9 Å². The average molecular weight is 531 g/mol. The molecule has 3 aromatic rings. The molecule has 4 heterocycles. The summed E-state index contributed by atoms with van der Waals surface area (Å²) < 4.78 is 5.65. The van der Waals surface area contributed by atoms with E-state index >= 15 is 0 Å². The van der Waals surface area contributed by atoms with Crippen molar-refractivity contribution in [3.05, 3.63) is 60.6 Å². The number of fused-ring (bicyclic) bond motifs is 1. The first-order chi connectivity index (χ1) is 18.5. The fraction of sp³-hybridized carbons (Fsp3) is 0.379. The van der Waals surface area contributed by atoms with Crippen LogP contribution in [0, 0.1) is 6.92 Å². The Morgan fingerprint density at radius 1 is 1.15 bits per heavy atom. The Morgan fingerprint density at radius 2 is 1.92 bits per heavy atom. The fourth-order valence-electron chi connectivity index (χ4n) is 4.60. The van der Waals surface area contributed by atoms with Crippen LogP contribution in [0.1, 0.15) is 25.2 Å². The maximum Gasteiger partial charge on any atom is 0.247 e. The van der Waals surface area contributed by atoms with Gasteiger partial charge in [-0.25, -0.2) is 4.98 Å². The Bertz CT molecular complexity index is 1370. The summed E-state index contributed by atoms with van der Waals surface area (Å²) >= 11 is 0. The summed E-state index contributed by atoms with van der Waals surface area (Å²) in [7, 11) is 7.52. The van der Waals surface area contributed by atoms with Gasteiger partial charge in [-0.1, -0.05) is 20.4 Å². The van der Waals surface area contributed by atoms with E-state index in [9.17, 15) is 4.79 Å².